The van der Waals surface area contributed by atoms with Crippen LogP contribution in [0.1, 0.15) is 51.1 Å². The summed E-state index contributed by atoms with van der Waals surface area (Å²) < 4.78 is 16.7. The molecule has 1 saturated heterocycles. The van der Waals surface area contributed by atoms with Gasteiger partial charge in [-0.2, -0.15) is 0 Å². The van der Waals surface area contributed by atoms with Gasteiger partial charge in [0.15, 0.2) is 18.1 Å². The van der Waals surface area contributed by atoms with Crippen LogP contribution in [0.5, 0.6) is 17.2 Å². The third-order valence-corrected chi connectivity index (χ3v) is 11.4. The van der Waals surface area contributed by atoms with Crippen molar-refractivity contribution in [2.45, 2.75) is 50.4 Å². The van der Waals surface area contributed by atoms with E-state index in [1.54, 1.807) is 29.2 Å². The Morgan fingerprint density at radius 1 is 0.842 bits per heavy atom. The van der Waals surface area contributed by atoms with Gasteiger partial charge in [-0.05, 0) is 60.7 Å². The summed E-state index contributed by atoms with van der Waals surface area (Å²) in [4.78, 5) is 58.9. The summed E-state index contributed by atoms with van der Waals surface area (Å²) in [6.07, 6.45) is 0.141. The predicted molar refractivity (Wildman–Crippen MR) is 214 cm³/mol. The molecule has 15 heteroatoms. The lowest BCUT2D eigenvalue weighted by atomic mass is 9.97. The van der Waals surface area contributed by atoms with E-state index in [0.717, 1.165) is 21.8 Å². The summed E-state index contributed by atoms with van der Waals surface area (Å²) in [7, 11) is 0. The van der Waals surface area contributed by atoms with Crippen LogP contribution in [0.3, 0.4) is 0 Å². The summed E-state index contributed by atoms with van der Waals surface area (Å²) in [5, 5.41) is 15.4. The number of amides is 4. The van der Waals surface area contributed by atoms with Crippen molar-refractivity contribution in [3.05, 3.63) is 122 Å². The highest BCUT2D eigenvalue weighted by atomic mass is 35.5. The molecule has 12 nitrogen and oxygen atoms in total. The number of piperidine rings is 1. The maximum absolute atomic E-state index is 14.2. The first kappa shape index (κ1) is 40.4. The molecule has 298 valence electrons. The van der Waals surface area contributed by atoms with Crippen LogP contribution in [0.2, 0.25) is 15.1 Å². The van der Waals surface area contributed by atoms with Crippen molar-refractivity contribution in [3.63, 3.8) is 0 Å². The first-order chi connectivity index (χ1) is 27.5. The molecule has 2 N–H and O–H groups in total. The lowest BCUT2D eigenvalue weighted by Gasteiger charge is -2.40. The number of halogens is 3. The first-order valence-electron chi connectivity index (χ1n) is 18.7. The van der Waals surface area contributed by atoms with E-state index in [1.807, 2.05) is 48.5 Å². The summed E-state index contributed by atoms with van der Waals surface area (Å²) in [5.41, 5.74) is 2.55. The van der Waals surface area contributed by atoms with Gasteiger partial charge >= 0.3 is 0 Å². The Kier molecular flexibility index (Phi) is 12.9. The maximum atomic E-state index is 14.2. The SMILES string of the molecule is O=C(COc1cc(Cl)c(Cl)cc1Cl)N[C@@H](Cc1ccccc1)[C@@H](O)CN(C(=O)CCN1C(=O)c2ccccc2C1=O)C1CCN(Cc2ccc3c(c2)OCO3)CC1. The molecule has 0 bridgehead atoms. The largest absolute Gasteiger partial charge is 0.482 e. The minimum atomic E-state index is -1.21. The lowest BCUT2D eigenvalue weighted by molar-refractivity contribution is -0.137. The Hall–Kier alpha value is -4.85. The van der Waals surface area contributed by atoms with Crippen molar-refractivity contribution >= 4 is 58.4 Å². The monoisotopic (exact) mass is 834 g/mol. The maximum Gasteiger partial charge on any atom is 0.261 e. The number of hydrogen-bond acceptors (Lipinski definition) is 9. The van der Waals surface area contributed by atoms with Gasteiger partial charge in [0, 0.05) is 51.3 Å². The molecule has 3 aliphatic rings. The van der Waals surface area contributed by atoms with Crippen LogP contribution in [0.4, 0.5) is 0 Å². The van der Waals surface area contributed by atoms with Crippen LogP contribution >= 0.6 is 34.8 Å². The Morgan fingerprint density at radius 2 is 1.51 bits per heavy atom. The zero-order chi connectivity index (χ0) is 40.1. The fourth-order valence-electron chi connectivity index (χ4n) is 7.42. The summed E-state index contributed by atoms with van der Waals surface area (Å²) in [6.45, 7) is 1.59. The zero-order valence-electron chi connectivity index (χ0n) is 30.9. The molecule has 0 aliphatic carbocycles. The second kappa shape index (κ2) is 18.2. The molecule has 4 aromatic carbocycles. The molecule has 57 heavy (non-hydrogen) atoms. The van der Waals surface area contributed by atoms with Crippen LogP contribution in [-0.2, 0) is 22.6 Å². The van der Waals surface area contributed by atoms with Crippen LogP contribution in [0.15, 0.2) is 84.9 Å². The van der Waals surface area contributed by atoms with Gasteiger partial charge in [-0.1, -0.05) is 83.3 Å². The molecule has 1 fully saturated rings. The number of nitrogens with zero attached hydrogens (tertiary/aromatic N) is 3. The number of imide groups is 1. The number of carbonyl (C=O) groups is 4. The fraction of sp³-hybridized carbons (Fsp3) is 0.333. The molecule has 4 amide bonds. The van der Waals surface area contributed by atoms with Crippen molar-refractivity contribution in [2.75, 3.05) is 39.6 Å². The van der Waals surface area contributed by atoms with E-state index < -0.39 is 36.5 Å². The predicted octanol–water partition coefficient (Wildman–Crippen LogP) is 6.02. The quantitative estimate of drug-likeness (QED) is 0.109. The van der Waals surface area contributed by atoms with Gasteiger partial charge in [-0.15, -0.1) is 0 Å². The Bertz CT molecular complexity index is 2100. The molecule has 4 aromatic rings. The molecule has 2 atom stereocenters. The Morgan fingerprint density at radius 3 is 2.23 bits per heavy atom. The standard InChI is InChI=1S/C42H41Cl3N4O8/c43-31-20-33(45)37(21-32(31)44)55-24-39(51)46-34(18-26-6-2-1-3-7-26)35(50)23-49(40(52)14-17-48-41(53)29-8-4-5-9-30(29)42(48)54)28-12-15-47(16-13-28)22-27-10-11-36-38(19-27)57-25-56-36/h1-11,19-21,28,34-35,50H,12-18,22-25H2,(H,46,51)/t34-,35-/m0/s1. The van der Waals surface area contributed by atoms with Crippen molar-refractivity contribution in [2.24, 2.45) is 0 Å². The summed E-state index contributed by atoms with van der Waals surface area (Å²) in [5.74, 6) is -0.131. The summed E-state index contributed by atoms with van der Waals surface area (Å²) >= 11 is 18.4. The zero-order valence-corrected chi connectivity index (χ0v) is 33.1. The van der Waals surface area contributed by atoms with E-state index in [4.69, 9.17) is 49.0 Å². The average molecular weight is 836 g/mol. The van der Waals surface area contributed by atoms with Crippen LogP contribution < -0.4 is 19.5 Å². The summed E-state index contributed by atoms with van der Waals surface area (Å²) in [6, 6.07) is 23.6. The first-order valence-corrected chi connectivity index (χ1v) is 19.8. The van der Waals surface area contributed by atoms with Crippen LogP contribution in [0, 0.1) is 0 Å². The number of fused-ring (bicyclic) bond motifs is 2. The number of carbonyl (C=O) groups excluding carboxylic acids is 4. The van der Waals surface area contributed by atoms with Gasteiger partial charge in [0.25, 0.3) is 17.7 Å². The lowest BCUT2D eigenvalue weighted by Crippen LogP contribution is -2.55. The number of nitrogens with one attached hydrogen (secondary N) is 1. The number of likely N-dealkylation sites (tertiary alicyclic amines) is 1. The number of hydrogen-bond donors (Lipinski definition) is 2. The van der Waals surface area contributed by atoms with E-state index in [-0.39, 0.29) is 65.5 Å². The highest BCUT2D eigenvalue weighted by molar-refractivity contribution is 6.43. The third-order valence-electron chi connectivity index (χ3n) is 10.4. The average Bonchev–Trinajstić information content (AvgIpc) is 3.78. The molecular formula is C42H41Cl3N4O8. The van der Waals surface area contributed by atoms with Crippen molar-refractivity contribution in [1.29, 1.82) is 0 Å². The van der Waals surface area contributed by atoms with E-state index >= 15 is 0 Å². The number of aliphatic hydroxyl groups is 1. The highest BCUT2D eigenvalue weighted by Crippen LogP contribution is 2.35. The van der Waals surface area contributed by atoms with Crippen molar-refractivity contribution in [3.8, 4) is 17.2 Å². The molecule has 3 heterocycles. The molecule has 0 aromatic heterocycles. The second-order valence-electron chi connectivity index (χ2n) is 14.2. The smallest absolute Gasteiger partial charge is 0.261 e. The third kappa shape index (κ3) is 9.65. The Labute approximate surface area is 345 Å². The van der Waals surface area contributed by atoms with E-state index in [9.17, 15) is 24.3 Å². The second-order valence-corrected chi connectivity index (χ2v) is 15.4. The molecule has 0 radical (unpaired) electrons. The van der Waals surface area contributed by atoms with E-state index in [0.29, 0.717) is 49.4 Å². The number of ether oxygens (including phenoxy) is 3. The normalized spacial score (nSPS) is 16.3. The number of rotatable bonds is 15. The molecule has 7 rings (SSSR count). The fourth-order valence-corrected chi connectivity index (χ4v) is 8.01. The van der Waals surface area contributed by atoms with Crippen molar-refractivity contribution in [1.82, 2.24) is 20.0 Å². The molecule has 0 saturated carbocycles. The van der Waals surface area contributed by atoms with Crippen LogP contribution in [-0.4, -0.2) is 101 Å². The molecule has 0 unspecified atom stereocenters. The molecular weight excluding hydrogens is 795 g/mol. The van der Waals surface area contributed by atoms with Crippen LogP contribution in [0.25, 0.3) is 0 Å². The Balaban J connectivity index is 1.06. The van der Waals surface area contributed by atoms with Gasteiger partial charge in [0.05, 0.1) is 38.3 Å². The minimum Gasteiger partial charge on any atom is -0.482 e. The minimum absolute atomic E-state index is 0.106. The number of benzene rings is 4. The van der Waals surface area contributed by atoms with Gasteiger partial charge < -0.3 is 29.5 Å². The van der Waals surface area contributed by atoms with Crippen molar-refractivity contribution < 1.29 is 38.5 Å². The molecule has 0 spiro atoms. The molecule has 3 aliphatic heterocycles. The van der Waals surface area contributed by atoms with E-state index in [1.165, 1.54) is 12.1 Å². The topological polar surface area (TPSA) is 138 Å². The van der Waals surface area contributed by atoms with Gasteiger partial charge in [-0.3, -0.25) is 29.0 Å². The van der Waals surface area contributed by atoms with Gasteiger partial charge in [0.1, 0.15) is 5.75 Å². The van der Waals surface area contributed by atoms with Gasteiger partial charge in [0.2, 0.25) is 12.7 Å². The highest BCUT2D eigenvalue weighted by Gasteiger charge is 2.37. The van der Waals surface area contributed by atoms with E-state index in [2.05, 4.69) is 10.2 Å². The van der Waals surface area contributed by atoms with Gasteiger partial charge in [-0.25, -0.2) is 0 Å². The number of aliphatic hydroxyl groups excluding tert-OH is 1.